The molecule has 0 spiro atoms. The van der Waals surface area contributed by atoms with Crippen molar-refractivity contribution in [2.45, 2.75) is 19.5 Å². The number of rotatable bonds is 5. The van der Waals surface area contributed by atoms with Crippen LogP contribution in [0.5, 0.6) is 0 Å². The Labute approximate surface area is 142 Å². The second kappa shape index (κ2) is 7.53. The van der Waals surface area contributed by atoms with Crippen molar-refractivity contribution in [1.29, 1.82) is 0 Å². The molecule has 1 heterocycles. The molecule has 1 amide bonds. The van der Waals surface area contributed by atoms with Crippen LogP contribution in [-0.4, -0.2) is 17.4 Å². The van der Waals surface area contributed by atoms with Gasteiger partial charge in [0.05, 0.1) is 16.1 Å². The molecule has 0 bridgehead atoms. The highest BCUT2D eigenvalue weighted by Crippen LogP contribution is 2.36. The minimum absolute atomic E-state index is 0.197. The smallest absolute Gasteiger partial charge is 0.352 e. The van der Waals surface area contributed by atoms with Crippen LogP contribution in [-0.2, 0) is 6.18 Å². The van der Waals surface area contributed by atoms with Crippen LogP contribution in [0, 0.1) is 0 Å². The van der Waals surface area contributed by atoms with Crippen LogP contribution < -0.4 is 10.6 Å². The summed E-state index contributed by atoms with van der Waals surface area (Å²) in [6, 6.07) is 6.55. The molecule has 0 saturated carbocycles. The van der Waals surface area contributed by atoms with Crippen molar-refractivity contribution in [2.24, 2.45) is 0 Å². The third kappa shape index (κ3) is 4.61. The largest absolute Gasteiger partial charge is 0.417 e. The first-order valence-corrected chi connectivity index (χ1v) is 7.57. The summed E-state index contributed by atoms with van der Waals surface area (Å²) >= 11 is 5.57. The Balaban J connectivity index is 2.13. The van der Waals surface area contributed by atoms with Gasteiger partial charge in [0.15, 0.2) is 0 Å². The highest BCUT2D eigenvalue weighted by atomic mass is 35.5. The summed E-state index contributed by atoms with van der Waals surface area (Å²) in [7, 11) is 0. The highest BCUT2D eigenvalue weighted by Gasteiger charge is 2.33. The van der Waals surface area contributed by atoms with Crippen molar-refractivity contribution < 1.29 is 18.0 Å². The van der Waals surface area contributed by atoms with Crippen molar-refractivity contribution in [2.75, 3.05) is 11.9 Å². The van der Waals surface area contributed by atoms with E-state index in [0.29, 0.717) is 17.9 Å². The molecule has 0 aliphatic rings. The quantitative estimate of drug-likeness (QED) is 0.819. The number of carbonyl (C=O) groups excluding carboxylic acids is 1. The number of hydrogen-bond donors (Lipinski definition) is 2. The Hall–Kier alpha value is -2.28. The Morgan fingerprint density at radius 3 is 2.58 bits per heavy atom. The lowest BCUT2D eigenvalue weighted by molar-refractivity contribution is -0.137. The summed E-state index contributed by atoms with van der Waals surface area (Å²) in [4.78, 5) is 15.8. The van der Waals surface area contributed by atoms with Crippen LogP contribution >= 0.6 is 11.6 Å². The van der Waals surface area contributed by atoms with Crippen LogP contribution in [0.25, 0.3) is 0 Å². The number of benzene rings is 1. The second-order valence-corrected chi connectivity index (χ2v) is 5.41. The summed E-state index contributed by atoms with van der Waals surface area (Å²) in [5.74, 6) is 0.0687. The number of pyridine rings is 1. The first kappa shape index (κ1) is 18.1. The zero-order valence-electron chi connectivity index (χ0n) is 12.7. The molecule has 0 aliphatic heterocycles. The van der Waals surface area contributed by atoms with Gasteiger partial charge in [0.1, 0.15) is 5.82 Å². The Kier molecular flexibility index (Phi) is 5.66. The molecule has 4 nitrogen and oxygen atoms in total. The topological polar surface area (TPSA) is 54.0 Å². The van der Waals surface area contributed by atoms with Gasteiger partial charge in [-0.05, 0) is 36.8 Å². The maximum atomic E-state index is 12.8. The summed E-state index contributed by atoms with van der Waals surface area (Å²) < 4.78 is 38.5. The van der Waals surface area contributed by atoms with Gasteiger partial charge < -0.3 is 10.6 Å². The molecule has 0 aliphatic carbocycles. The molecular weight excluding hydrogens is 343 g/mol. The van der Waals surface area contributed by atoms with Gasteiger partial charge in [0.25, 0.3) is 5.91 Å². The zero-order chi connectivity index (χ0) is 17.7. The Morgan fingerprint density at radius 1 is 1.25 bits per heavy atom. The number of anilines is 2. The van der Waals surface area contributed by atoms with Crippen molar-refractivity contribution >= 4 is 29.0 Å². The molecule has 0 atom stereocenters. The van der Waals surface area contributed by atoms with Crippen molar-refractivity contribution in [3.05, 3.63) is 52.7 Å². The van der Waals surface area contributed by atoms with Crippen LogP contribution in [0.3, 0.4) is 0 Å². The molecule has 0 unspecified atom stereocenters. The van der Waals surface area contributed by atoms with E-state index in [4.69, 9.17) is 11.6 Å². The molecular formula is C16H15ClF3N3O. The van der Waals surface area contributed by atoms with Crippen LogP contribution in [0.2, 0.25) is 5.02 Å². The minimum atomic E-state index is -4.54. The molecule has 0 saturated heterocycles. The fraction of sp³-hybridized carbons (Fsp3) is 0.250. The first-order valence-electron chi connectivity index (χ1n) is 7.19. The zero-order valence-corrected chi connectivity index (χ0v) is 13.5. The van der Waals surface area contributed by atoms with E-state index in [-0.39, 0.29) is 16.6 Å². The predicted octanol–water partition coefficient (Wildman–Crippen LogP) is 4.64. The third-order valence-corrected chi connectivity index (χ3v) is 3.43. The second-order valence-electron chi connectivity index (χ2n) is 5.01. The summed E-state index contributed by atoms with van der Waals surface area (Å²) in [5, 5.41) is 5.09. The SMILES string of the molecule is CCCNC(=O)c1ccc(Nc2ccc(Cl)c(C(F)(F)F)c2)nc1. The van der Waals surface area contributed by atoms with Crippen LogP contribution in [0.1, 0.15) is 29.3 Å². The van der Waals surface area contributed by atoms with E-state index in [2.05, 4.69) is 15.6 Å². The van der Waals surface area contributed by atoms with Crippen LogP contribution in [0.4, 0.5) is 24.7 Å². The van der Waals surface area contributed by atoms with Gasteiger partial charge in [-0.1, -0.05) is 18.5 Å². The maximum absolute atomic E-state index is 12.8. The lowest BCUT2D eigenvalue weighted by Crippen LogP contribution is -2.24. The number of alkyl halides is 3. The van der Waals surface area contributed by atoms with Gasteiger partial charge in [0, 0.05) is 18.4 Å². The molecule has 24 heavy (non-hydrogen) atoms. The maximum Gasteiger partial charge on any atom is 0.417 e. The van der Waals surface area contributed by atoms with Crippen molar-refractivity contribution in [3.63, 3.8) is 0 Å². The van der Waals surface area contributed by atoms with E-state index in [1.165, 1.54) is 24.4 Å². The predicted molar refractivity (Wildman–Crippen MR) is 86.6 cm³/mol. The van der Waals surface area contributed by atoms with Gasteiger partial charge in [-0.15, -0.1) is 0 Å². The highest BCUT2D eigenvalue weighted by molar-refractivity contribution is 6.31. The molecule has 2 aromatic rings. The number of halogens is 4. The van der Waals surface area contributed by atoms with E-state index in [0.717, 1.165) is 12.5 Å². The molecule has 1 aromatic carbocycles. The van der Waals surface area contributed by atoms with Gasteiger partial charge in [-0.3, -0.25) is 4.79 Å². The van der Waals surface area contributed by atoms with E-state index in [1.807, 2.05) is 6.92 Å². The minimum Gasteiger partial charge on any atom is -0.352 e. The van der Waals surface area contributed by atoms with E-state index in [1.54, 1.807) is 6.07 Å². The lowest BCUT2D eigenvalue weighted by Gasteiger charge is -2.12. The van der Waals surface area contributed by atoms with E-state index >= 15 is 0 Å². The Morgan fingerprint density at radius 2 is 2.00 bits per heavy atom. The number of aromatic nitrogens is 1. The van der Waals surface area contributed by atoms with Gasteiger partial charge in [-0.25, -0.2) is 4.98 Å². The summed E-state index contributed by atoms with van der Waals surface area (Å²) in [6.07, 6.45) is -2.37. The summed E-state index contributed by atoms with van der Waals surface area (Å²) in [6.45, 7) is 2.50. The molecule has 128 valence electrons. The van der Waals surface area contributed by atoms with Gasteiger partial charge in [0.2, 0.25) is 0 Å². The average molecular weight is 358 g/mol. The van der Waals surface area contributed by atoms with Gasteiger partial charge in [-0.2, -0.15) is 13.2 Å². The monoisotopic (exact) mass is 357 g/mol. The lowest BCUT2D eigenvalue weighted by atomic mass is 10.2. The van der Waals surface area contributed by atoms with Crippen molar-refractivity contribution in [3.8, 4) is 0 Å². The number of nitrogens with zero attached hydrogens (tertiary/aromatic N) is 1. The fourth-order valence-corrected chi connectivity index (χ4v) is 2.14. The average Bonchev–Trinajstić information content (AvgIpc) is 2.54. The first-order chi connectivity index (χ1) is 11.3. The standard InChI is InChI=1S/C16H15ClF3N3O/c1-2-7-21-15(24)10-3-6-14(22-9-10)23-11-4-5-13(17)12(8-11)16(18,19)20/h3-6,8-9H,2,7H2,1H3,(H,21,24)(H,22,23). The van der Waals surface area contributed by atoms with Crippen LogP contribution in [0.15, 0.2) is 36.5 Å². The molecule has 8 heteroatoms. The number of nitrogens with one attached hydrogen (secondary N) is 2. The number of hydrogen-bond acceptors (Lipinski definition) is 3. The molecule has 0 radical (unpaired) electrons. The molecule has 1 aromatic heterocycles. The number of carbonyl (C=O) groups is 1. The van der Waals surface area contributed by atoms with Crippen molar-refractivity contribution in [1.82, 2.24) is 10.3 Å². The van der Waals surface area contributed by atoms with E-state index in [9.17, 15) is 18.0 Å². The van der Waals surface area contributed by atoms with E-state index < -0.39 is 11.7 Å². The molecule has 2 N–H and O–H groups in total. The summed E-state index contributed by atoms with van der Waals surface area (Å²) in [5.41, 5.74) is -0.353. The fourth-order valence-electron chi connectivity index (χ4n) is 1.91. The van der Waals surface area contributed by atoms with Gasteiger partial charge >= 0.3 is 6.18 Å². The third-order valence-electron chi connectivity index (χ3n) is 3.11. The molecule has 2 rings (SSSR count). The molecule has 0 fully saturated rings. The Bertz CT molecular complexity index is 717. The number of amides is 1. The normalized spacial score (nSPS) is 11.2.